The number of hydrogen-bond acceptors (Lipinski definition) is 11. The highest BCUT2D eigenvalue weighted by atomic mass is 16.7. The Balaban J connectivity index is 1.03. The maximum Gasteiger partial charge on any atom is 0.338 e. The second-order valence-electron chi connectivity index (χ2n) is 11.6. The van der Waals surface area contributed by atoms with E-state index in [-0.39, 0.29) is 19.8 Å². The average molecular weight is 677 g/mol. The second-order valence-corrected chi connectivity index (χ2v) is 11.6. The SMILES string of the molecule is C=CC(=O)COC(=O)/C=C/c1ccc2cc(C(=O)O[C@@H]3COC4C3OC[C@@H]4OC(=O)c3ccc4cc(/C=C/C(=O)OC)ccc4c3)ccc2c1. The van der Waals surface area contributed by atoms with Gasteiger partial charge in [0.2, 0.25) is 0 Å². The Hall–Kier alpha value is -5.91. The van der Waals surface area contributed by atoms with E-state index in [2.05, 4.69) is 11.3 Å². The molecule has 6 rings (SSSR count). The van der Waals surface area contributed by atoms with Crippen LogP contribution in [-0.4, -0.2) is 81.0 Å². The molecule has 0 radical (unpaired) electrons. The van der Waals surface area contributed by atoms with Crippen molar-refractivity contribution in [3.8, 4) is 0 Å². The minimum atomic E-state index is -0.691. The number of ketones is 1. The van der Waals surface area contributed by atoms with Crippen molar-refractivity contribution in [1.29, 1.82) is 0 Å². The Morgan fingerprint density at radius 2 is 1.14 bits per heavy atom. The minimum absolute atomic E-state index is 0.0886. The molecule has 254 valence electrons. The number of ether oxygens (including phenoxy) is 6. The zero-order valence-corrected chi connectivity index (χ0v) is 26.9. The Kier molecular flexibility index (Phi) is 10.3. The van der Waals surface area contributed by atoms with Crippen LogP contribution in [-0.2, 0) is 42.8 Å². The maximum absolute atomic E-state index is 13.1. The number of carbonyl (C=O) groups excluding carboxylic acids is 5. The number of benzene rings is 4. The first-order valence-corrected chi connectivity index (χ1v) is 15.7. The van der Waals surface area contributed by atoms with Crippen LogP contribution in [0.25, 0.3) is 33.7 Å². The number of esters is 4. The van der Waals surface area contributed by atoms with E-state index < -0.39 is 54.1 Å². The third kappa shape index (κ3) is 7.86. The zero-order chi connectivity index (χ0) is 35.2. The van der Waals surface area contributed by atoms with Crippen molar-refractivity contribution in [2.45, 2.75) is 24.4 Å². The number of fused-ring (bicyclic) bond motifs is 3. The van der Waals surface area contributed by atoms with Crippen molar-refractivity contribution in [2.24, 2.45) is 0 Å². The Labute approximate surface area is 286 Å². The summed E-state index contributed by atoms with van der Waals surface area (Å²) in [6.07, 6.45) is 4.30. The molecule has 4 aromatic rings. The van der Waals surface area contributed by atoms with Gasteiger partial charge in [-0.15, -0.1) is 0 Å². The standard InChI is InChI=1S/C39H32O11/c1-3-31(40)20-46-35(42)15-7-24-5-9-28-19-30(13-11-26(28)17-24)39(44)50-33-22-48-36-32(21-47-37(33)36)49-38(43)29-12-10-25-16-23(4-8-27(25)18-29)6-14-34(41)45-2/h3-19,32-33,36-37H,1,20-22H2,2H3/b14-6+,15-7+/t32-,33+,36?,37?/m0/s1. The van der Waals surface area contributed by atoms with Gasteiger partial charge in [0.1, 0.15) is 12.2 Å². The summed E-state index contributed by atoms with van der Waals surface area (Å²) in [6.45, 7) is 3.14. The van der Waals surface area contributed by atoms with Crippen LogP contribution in [0.1, 0.15) is 31.8 Å². The third-order valence-electron chi connectivity index (χ3n) is 8.29. The van der Waals surface area contributed by atoms with E-state index in [9.17, 15) is 24.0 Å². The molecule has 4 aromatic carbocycles. The molecule has 2 aliphatic rings. The van der Waals surface area contributed by atoms with E-state index in [1.807, 2.05) is 30.3 Å². The van der Waals surface area contributed by atoms with Gasteiger partial charge in [0.25, 0.3) is 0 Å². The van der Waals surface area contributed by atoms with E-state index >= 15 is 0 Å². The molecule has 2 unspecified atom stereocenters. The normalized spacial score (nSPS) is 19.8. The highest BCUT2D eigenvalue weighted by Gasteiger charge is 2.51. The summed E-state index contributed by atoms with van der Waals surface area (Å²) < 4.78 is 32.8. The van der Waals surface area contributed by atoms with Gasteiger partial charge >= 0.3 is 23.9 Å². The van der Waals surface area contributed by atoms with Gasteiger partial charge in [-0.2, -0.15) is 0 Å². The van der Waals surface area contributed by atoms with Gasteiger partial charge < -0.3 is 28.4 Å². The van der Waals surface area contributed by atoms with Crippen LogP contribution in [0.3, 0.4) is 0 Å². The fourth-order valence-electron chi connectivity index (χ4n) is 5.68. The molecule has 0 aromatic heterocycles. The van der Waals surface area contributed by atoms with Crippen molar-refractivity contribution in [1.82, 2.24) is 0 Å². The predicted octanol–water partition coefficient (Wildman–Crippen LogP) is 5.04. The monoisotopic (exact) mass is 676 g/mol. The van der Waals surface area contributed by atoms with Gasteiger partial charge in [0.05, 0.1) is 31.5 Å². The van der Waals surface area contributed by atoms with Crippen LogP contribution in [0.2, 0.25) is 0 Å². The van der Waals surface area contributed by atoms with Crippen LogP contribution in [0.15, 0.2) is 97.6 Å². The van der Waals surface area contributed by atoms with Crippen LogP contribution < -0.4 is 0 Å². The molecule has 11 heteroatoms. The lowest BCUT2D eigenvalue weighted by Gasteiger charge is -2.17. The molecule has 2 saturated heterocycles. The van der Waals surface area contributed by atoms with E-state index in [0.717, 1.165) is 38.7 Å². The summed E-state index contributed by atoms with van der Waals surface area (Å²) in [5.41, 5.74) is 2.23. The van der Waals surface area contributed by atoms with E-state index in [1.165, 1.54) is 19.3 Å². The fraction of sp³-hybridized carbons (Fsp3) is 0.205. The van der Waals surface area contributed by atoms with Crippen LogP contribution >= 0.6 is 0 Å². The van der Waals surface area contributed by atoms with Gasteiger partial charge in [-0.05, 0) is 87.3 Å². The Morgan fingerprint density at radius 3 is 1.62 bits per heavy atom. The van der Waals surface area contributed by atoms with Gasteiger partial charge in [-0.3, -0.25) is 4.79 Å². The molecule has 2 heterocycles. The summed E-state index contributed by atoms with van der Waals surface area (Å²) in [4.78, 5) is 60.7. The van der Waals surface area contributed by atoms with Gasteiger partial charge in [0, 0.05) is 12.2 Å². The second kappa shape index (κ2) is 15.1. The molecule has 0 saturated carbocycles. The molecular formula is C39H32O11. The molecule has 50 heavy (non-hydrogen) atoms. The van der Waals surface area contributed by atoms with Gasteiger partial charge in [-0.1, -0.05) is 43.0 Å². The fourth-order valence-corrected chi connectivity index (χ4v) is 5.68. The summed E-state index contributed by atoms with van der Waals surface area (Å²) in [6, 6.07) is 21.3. The van der Waals surface area contributed by atoms with Gasteiger partial charge in [-0.25, -0.2) is 19.2 Å². The van der Waals surface area contributed by atoms with E-state index in [4.69, 9.17) is 23.7 Å². The maximum atomic E-state index is 13.1. The average Bonchev–Trinajstić information content (AvgIpc) is 3.73. The van der Waals surface area contributed by atoms with Crippen molar-refractivity contribution >= 4 is 63.4 Å². The third-order valence-corrected chi connectivity index (χ3v) is 8.29. The summed E-state index contributed by atoms with van der Waals surface area (Å²) in [7, 11) is 1.31. The first kappa shape index (κ1) is 34.0. The Morgan fingerprint density at radius 1 is 0.680 bits per heavy atom. The van der Waals surface area contributed by atoms with Crippen molar-refractivity contribution < 1.29 is 52.4 Å². The lowest BCUT2D eigenvalue weighted by molar-refractivity contribution is -0.141. The first-order valence-electron chi connectivity index (χ1n) is 15.7. The molecule has 0 amide bonds. The van der Waals surface area contributed by atoms with Crippen LogP contribution in [0.5, 0.6) is 0 Å². The number of rotatable bonds is 11. The molecule has 0 bridgehead atoms. The molecule has 0 N–H and O–H groups in total. The minimum Gasteiger partial charge on any atom is -0.466 e. The molecule has 0 aliphatic carbocycles. The molecular weight excluding hydrogens is 644 g/mol. The quantitative estimate of drug-likeness (QED) is 0.120. The van der Waals surface area contributed by atoms with Crippen molar-refractivity contribution in [3.63, 3.8) is 0 Å². The predicted molar refractivity (Wildman–Crippen MR) is 182 cm³/mol. The zero-order valence-electron chi connectivity index (χ0n) is 26.9. The summed E-state index contributed by atoms with van der Waals surface area (Å²) in [5.74, 6) is -2.58. The summed E-state index contributed by atoms with van der Waals surface area (Å²) in [5, 5.41) is 3.31. The lowest BCUT2D eigenvalue weighted by Crippen LogP contribution is -2.36. The molecule has 4 atom stereocenters. The summed E-state index contributed by atoms with van der Waals surface area (Å²) >= 11 is 0. The van der Waals surface area contributed by atoms with Crippen molar-refractivity contribution in [2.75, 3.05) is 26.9 Å². The molecule has 0 spiro atoms. The Bertz CT molecular complexity index is 2060. The largest absolute Gasteiger partial charge is 0.466 e. The molecule has 2 aliphatic heterocycles. The van der Waals surface area contributed by atoms with Crippen LogP contribution in [0, 0.1) is 0 Å². The first-order chi connectivity index (χ1) is 24.2. The van der Waals surface area contributed by atoms with Crippen molar-refractivity contribution in [3.05, 3.63) is 120 Å². The highest BCUT2D eigenvalue weighted by molar-refractivity contribution is 5.98. The topological polar surface area (TPSA) is 141 Å². The van der Waals surface area contributed by atoms with E-state index in [1.54, 1.807) is 54.6 Å². The number of methoxy groups -OCH3 is 1. The van der Waals surface area contributed by atoms with E-state index in [0.29, 0.717) is 11.1 Å². The molecule has 2 fully saturated rings. The van der Waals surface area contributed by atoms with Gasteiger partial charge in [0.15, 0.2) is 24.6 Å². The highest BCUT2D eigenvalue weighted by Crippen LogP contribution is 2.32. The lowest BCUT2D eigenvalue weighted by atomic mass is 10.0. The number of hydrogen-bond donors (Lipinski definition) is 0. The number of carbonyl (C=O) groups is 5. The van der Waals surface area contributed by atoms with Crippen LogP contribution in [0.4, 0.5) is 0 Å². The molecule has 11 nitrogen and oxygen atoms in total. The smallest absolute Gasteiger partial charge is 0.338 e.